The minimum absolute atomic E-state index is 0.0805. The predicted octanol–water partition coefficient (Wildman–Crippen LogP) is 5.68. The van der Waals surface area contributed by atoms with Gasteiger partial charge in [0.2, 0.25) is 5.91 Å². The number of hydrogen-bond acceptors (Lipinski definition) is 5. The maximum Gasteiger partial charge on any atom is 0.309 e. The van der Waals surface area contributed by atoms with Crippen LogP contribution in [0.1, 0.15) is 54.9 Å². The van der Waals surface area contributed by atoms with Crippen LogP contribution >= 0.6 is 11.3 Å². The molecule has 0 fully saturated rings. The largest absolute Gasteiger partial charge is 0.481 e. The summed E-state index contributed by atoms with van der Waals surface area (Å²) in [6.07, 6.45) is 4.01. The highest BCUT2D eigenvalue weighted by Crippen LogP contribution is 2.34. The number of benzene rings is 1. The van der Waals surface area contributed by atoms with Gasteiger partial charge in [-0.25, -0.2) is 9.97 Å². The number of carboxylic acid groups (broad SMARTS) is 1. The first-order valence-corrected chi connectivity index (χ1v) is 13.5. The molecule has 1 N–H and O–H groups in total. The first kappa shape index (κ1) is 25.1. The van der Waals surface area contributed by atoms with E-state index < -0.39 is 11.4 Å². The summed E-state index contributed by atoms with van der Waals surface area (Å²) in [5, 5.41) is 11.5. The Morgan fingerprint density at radius 1 is 1.14 bits per heavy atom. The van der Waals surface area contributed by atoms with Gasteiger partial charge in [-0.3, -0.25) is 9.59 Å². The fourth-order valence-corrected chi connectivity index (χ4v) is 6.07. The third-order valence-electron chi connectivity index (χ3n) is 7.35. The van der Waals surface area contributed by atoms with E-state index in [0.29, 0.717) is 38.9 Å². The van der Waals surface area contributed by atoms with Crippen LogP contribution in [0.2, 0.25) is 0 Å². The van der Waals surface area contributed by atoms with Crippen LogP contribution in [0, 0.1) is 12.3 Å². The van der Waals surface area contributed by atoms with E-state index in [-0.39, 0.29) is 5.91 Å². The summed E-state index contributed by atoms with van der Waals surface area (Å²) < 4.78 is 2.26. The number of carbonyl (C=O) groups excluding carboxylic acids is 1. The van der Waals surface area contributed by atoms with Crippen LogP contribution in [0.3, 0.4) is 0 Å². The molecule has 0 atom stereocenters. The van der Waals surface area contributed by atoms with Gasteiger partial charge in [-0.2, -0.15) is 0 Å². The molecular weight excluding hydrogens is 484 g/mol. The van der Waals surface area contributed by atoms with Gasteiger partial charge in [0.05, 0.1) is 24.2 Å². The average Bonchev–Trinajstić information content (AvgIpc) is 3.42. The Morgan fingerprint density at radius 2 is 1.92 bits per heavy atom. The van der Waals surface area contributed by atoms with E-state index in [1.807, 2.05) is 35.4 Å². The van der Waals surface area contributed by atoms with Crippen molar-refractivity contribution in [2.24, 2.45) is 5.41 Å². The smallest absolute Gasteiger partial charge is 0.309 e. The number of thiazole rings is 1. The number of nitrogens with zero attached hydrogens (tertiary/aromatic N) is 4. The van der Waals surface area contributed by atoms with Crippen molar-refractivity contribution in [3.05, 3.63) is 70.5 Å². The van der Waals surface area contributed by atoms with Crippen molar-refractivity contribution in [1.82, 2.24) is 19.4 Å². The molecule has 4 aromatic rings. The highest BCUT2D eigenvalue weighted by molar-refractivity contribution is 7.15. The Labute approximate surface area is 220 Å². The normalized spacial score (nSPS) is 13.6. The third kappa shape index (κ3) is 5.03. The van der Waals surface area contributed by atoms with Crippen LogP contribution in [0.15, 0.2) is 48.7 Å². The molecule has 0 spiro atoms. The summed E-state index contributed by atoms with van der Waals surface area (Å²) in [7, 11) is 0. The molecule has 1 aromatic carbocycles. The summed E-state index contributed by atoms with van der Waals surface area (Å²) in [6.45, 7) is 7.34. The standard InChI is InChI=1S/C29H32N4O3S/c1-19-24(37-27(31-19)20-9-5-4-6-10-20)18-33-23-17-32(25(34)12-7-14-29(2,3)28(35)36)16-13-21(23)22-11-8-15-30-26(22)33/h4-6,8-11,15H,7,12-14,16-18H2,1-3H3,(H,35,36). The molecule has 3 aromatic heterocycles. The first-order valence-electron chi connectivity index (χ1n) is 12.7. The van der Waals surface area contributed by atoms with Gasteiger partial charge in [-0.05, 0) is 57.7 Å². The lowest BCUT2D eigenvalue weighted by molar-refractivity contribution is -0.147. The number of hydrogen-bond donors (Lipinski definition) is 1. The lowest BCUT2D eigenvalue weighted by Gasteiger charge is -2.29. The number of pyridine rings is 1. The molecular formula is C29H32N4O3S. The minimum atomic E-state index is -0.826. The summed E-state index contributed by atoms with van der Waals surface area (Å²) in [4.78, 5) is 37.2. The molecule has 4 heterocycles. The number of fused-ring (bicyclic) bond motifs is 3. The number of amides is 1. The van der Waals surface area contributed by atoms with Gasteiger partial charge >= 0.3 is 5.97 Å². The van der Waals surface area contributed by atoms with Crippen LogP contribution in [0.4, 0.5) is 0 Å². The summed E-state index contributed by atoms with van der Waals surface area (Å²) in [5.41, 5.74) is 4.65. The quantitative estimate of drug-likeness (QED) is 0.325. The van der Waals surface area contributed by atoms with Crippen molar-refractivity contribution in [2.45, 2.75) is 59.5 Å². The molecule has 8 heteroatoms. The van der Waals surface area contributed by atoms with Gasteiger partial charge in [0, 0.05) is 40.7 Å². The summed E-state index contributed by atoms with van der Waals surface area (Å²) >= 11 is 1.70. The maximum atomic E-state index is 13.1. The van der Waals surface area contributed by atoms with Crippen molar-refractivity contribution in [1.29, 1.82) is 0 Å². The van der Waals surface area contributed by atoms with E-state index in [1.165, 1.54) is 10.4 Å². The molecule has 192 valence electrons. The Morgan fingerprint density at radius 3 is 2.68 bits per heavy atom. The SMILES string of the molecule is Cc1nc(-c2ccccc2)sc1Cn1c2c(c3cccnc31)CCN(C(=O)CCCC(C)(C)C(=O)O)C2. The van der Waals surface area contributed by atoms with E-state index in [4.69, 9.17) is 9.97 Å². The lowest BCUT2D eigenvalue weighted by Crippen LogP contribution is -2.36. The second kappa shape index (κ2) is 10.1. The molecule has 7 nitrogen and oxygen atoms in total. The van der Waals surface area contributed by atoms with Crippen LogP contribution in [0.25, 0.3) is 21.6 Å². The zero-order chi connectivity index (χ0) is 26.2. The molecule has 37 heavy (non-hydrogen) atoms. The highest BCUT2D eigenvalue weighted by Gasteiger charge is 2.30. The molecule has 0 unspecified atom stereocenters. The molecule has 0 bridgehead atoms. The van der Waals surface area contributed by atoms with E-state index >= 15 is 0 Å². The summed E-state index contributed by atoms with van der Waals surface area (Å²) in [5.74, 6) is -0.745. The maximum absolute atomic E-state index is 13.1. The predicted molar refractivity (Wildman–Crippen MR) is 146 cm³/mol. The van der Waals surface area contributed by atoms with Gasteiger partial charge in [0.1, 0.15) is 10.7 Å². The zero-order valence-corrected chi connectivity index (χ0v) is 22.3. The van der Waals surface area contributed by atoms with Gasteiger partial charge in [-0.1, -0.05) is 30.3 Å². The fraction of sp³-hybridized carbons (Fsp3) is 0.379. The Bertz CT molecular complexity index is 1450. The molecule has 0 aliphatic carbocycles. The Balaban J connectivity index is 1.40. The average molecular weight is 517 g/mol. The van der Waals surface area contributed by atoms with E-state index in [1.54, 1.807) is 25.2 Å². The van der Waals surface area contributed by atoms with Crippen LogP contribution in [-0.4, -0.2) is 43.0 Å². The Hall–Kier alpha value is -3.52. The molecule has 1 aliphatic rings. The number of aliphatic carboxylic acids is 1. The number of rotatable bonds is 8. The van der Waals surface area contributed by atoms with Gasteiger partial charge < -0.3 is 14.6 Å². The third-order valence-corrected chi connectivity index (χ3v) is 8.54. The fourth-order valence-electron chi connectivity index (χ4n) is 5.01. The van der Waals surface area contributed by atoms with Crippen LogP contribution < -0.4 is 0 Å². The van der Waals surface area contributed by atoms with E-state index in [9.17, 15) is 14.7 Å². The number of aromatic nitrogens is 3. The molecule has 1 aliphatic heterocycles. The van der Waals surface area contributed by atoms with Crippen molar-refractivity contribution >= 4 is 34.2 Å². The minimum Gasteiger partial charge on any atom is -0.481 e. The van der Waals surface area contributed by atoms with Crippen molar-refractivity contribution in [2.75, 3.05) is 6.54 Å². The molecule has 0 saturated heterocycles. The van der Waals surface area contributed by atoms with E-state index in [0.717, 1.165) is 39.4 Å². The monoisotopic (exact) mass is 516 g/mol. The topological polar surface area (TPSA) is 88.3 Å². The van der Waals surface area contributed by atoms with Crippen molar-refractivity contribution in [3.63, 3.8) is 0 Å². The second-order valence-corrected chi connectivity index (χ2v) is 11.5. The van der Waals surface area contributed by atoms with Crippen LogP contribution in [0.5, 0.6) is 0 Å². The Kier molecular flexibility index (Phi) is 6.86. The number of carbonyl (C=O) groups is 2. The molecule has 1 amide bonds. The van der Waals surface area contributed by atoms with Gasteiger partial charge in [0.15, 0.2) is 0 Å². The number of carboxylic acids is 1. The van der Waals surface area contributed by atoms with Crippen molar-refractivity contribution < 1.29 is 14.7 Å². The molecule has 5 rings (SSSR count). The lowest BCUT2D eigenvalue weighted by atomic mass is 9.87. The zero-order valence-electron chi connectivity index (χ0n) is 21.5. The van der Waals surface area contributed by atoms with E-state index in [2.05, 4.69) is 29.7 Å². The van der Waals surface area contributed by atoms with Gasteiger partial charge in [-0.15, -0.1) is 11.3 Å². The summed E-state index contributed by atoms with van der Waals surface area (Å²) in [6, 6.07) is 14.3. The highest BCUT2D eigenvalue weighted by atomic mass is 32.1. The molecule has 0 saturated carbocycles. The molecule has 0 radical (unpaired) electrons. The number of aryl methyl sites for hydroxylation is 1. The van der Waals surface area contributed by atoms with Gasteiger partial charge in [0.25, 0.3) is 0 Å². The van der Waals surface area contributed by atoms with Crippen LogP contribution in [-0.2, 0) is 29.1 Å². The van der Waals surface area contributed by atoms with Crippen molar-refractivity contribution in [3.8, 4) is 10.6 Å². The second-order valence-electron chi connectivity index (χ2n) is 10.4. The first-order chi connectivity index (χ1) is 17.7.